The van der Waals surface area contributed by atoms with E-state index in [0.717, 1.165) is 35.5 Å². The monoisotopic (exact) mass is 428 g/mol. The van der Waals surface area contributed by atoms with Crippen molar-refractivity contribution in [2.45, 2.75) is 60.2 Å². The molecule has 0 bridgehead atoms. The quantitative estimate of drug-likeness (QED) is 0.577. The average Bonchev–Trinajstić information content (AvgIpc) is 3.09. The van der Waals surface area contributed by atoms with E-state index in [1.165, 1.54) is 0 Å². The highest BCUT2D eigenvalue weighted by atomic mass is 16.5. The average molecular weight is 429 g/mol. The molecule has 6 nitrogen and oxygen atoms in total. The highest BCUT2D eigenvalue weighted by Gasteiger charge is 2.32. The topological polar surface area (TPSA) is 82.0 Å². The molecule has 1 unspecified atom stereocenters. The minimum Gasteiger partial charge on any atom is -0.512 e. The van der Waals surface area contributed by atoms with E-state index in [1.807, 2.05) is 32.0 Å². The van der Waals surface area contributed by atoms with Gasteiger partial charge in [-0.2, -0.15) is 0 Å². The first-order chi connectivity index (χ1) is 14.5. The number of hydrogen-bond donors (Lipinski definition) is 3. The number of rotatable bonds is 7. The predicted octanol–water partition coefficient (Wildman–Crippen LogP) is 3.70. The summed E-state index contributed by atoms with van der Waals surface area (Å²) in [5.74, 6) is 0.881. The minimum absolute atomic E-state index is 0.0867. The highest BCUT2D eigenvalue weighted by molar-refractivity contribution is 5.95. The zero-order valence-electron chi connectivity index (χ0n) is 19.4. The standard InChI is InChI=1S/C25H36N2O4/c1-16(2)20-11-21(23(29)12-22(20)28)24(30)27-13-17-6-7-19(10-18(17)14-27)31-9-8-26-15-25(3,4)5/h6-7,10-11,16,23,26,28-29H,8-9,12-15H2,1-5H3. The van der Waals surface area contributed by atoms with Crippen LogP contribution >= 0.6 is 0 Å². The van der Waals surface area contributed by atoms with Crippen LogP contribution in [0.4, 0.5) is 0 Å². The van der Waals surface area contributed by atoms with Crippen molar-refractivity contribution in [3.8, 4) is 5.75 Å². The Morgan fingerprint density at radius 3 is 2.65 bits per heavy atom. The molecule has 1 aliphatic heterocycles. The van der Waals surface area contributed by atoms with E-state index in [9.17, 15) is 15.0 Å². The number of fused-ring (bicyclic) bond motifs is 1. The molecule has 0 saturated heterocycles. The van der Waals surface area contributed by atoms with Gasteiger partial charge in [0, 0.05) is 38.2 Å². The number of aliphatic hydroxyl groups excluding tert-OH is 2. The van der Waals surface area contributed by atoms with Gasteiger partial charge in [-0.05, 0) is 46.2 Å². The molecule has 3 N–H and O–H groups in total. The van der Waals surface area contributed by atoms with E-state index < -0.39 is 6.10 Å². The summed E-state index contributed by atoms with van der Waals surface area (Å²) in [6, 6.07) is 5.96. The summed E-state index contributed by atoms with van der Waals surface area (Å²) in [6.45, 7) is 13.8. The molecule has 6 heteroatoms. The number of benzene rings is 1. The van der Waals surface area contributed by atoms with E-state index in [1.54, 1.807) is 11.0 Å². The van der Waals surface area contributed by atoms with Gasteiger partial charge in [0.1, 0.15) is 12.4 Å². The first-order valence-electron chi connectivity index (χ1n) is 11.1. The number of aliphatic hydroxyl groups is 2. The molecule has 1 aliphatic carbocycles. The van der Waals surface area contributed by atoms with Crippen molar-refractivity contribution < 1.29 is 19.7 Å². The van der Waals surface area contributed by atoms with Crippen molar-refractivity contribution in [3.63, 3.8) is 0 Å². The van der Waals surface area contributed by atoms with E-state index >= 15 is 0 Å². The number of nitrogens with zero attached hydrogens (tertiary/aromatic N) is 1. The molecule has 1 heterocycles. The molecule has 1 aromatic rings. The van der Waals surface area contributed by atoms with Gasteiger partial charge in [-0.15, -0.1) is 0 Å². The molecule has 1 amide bonds. The van der Waals surface area contributed by atoms with Crippen LogP contribution in [0.5, 0.6) is 5.75 Å². The fourth-order valence-corrected chi connectivity index (χ4v) is 3.95. The SMILES string of the molecule is CC(C)C1=C(O)CC(O)C(C(=O)N2Cc3ccc(OCCNCC(C)(C)C)cc3C2)=C1. The van der Waals surface area contributed by atoms with E-state index in [0.29, 0.717) is 25.3 Å². The van der Waals surface area contributed by atoms with Crippen LogP contribution in [0.3, 0.4) is 0 Å². The fraction of sp³-hybridized carbons (Fsp3) is 0.560. The van der Waals surface area contributed by atoms with Gasteiger partial charge in [-0.25, -0.2) is 0 Å². The van der Waals surface area contributed by atoms with Crippen molar-refractivity contribution >= 4 is 5.91 Å². The first-order valence-corrected chi connectivity index (χ1v) is 11.1. The van der Waals surface area contributed by atoms with Crippen molar-refractivity contribution in [2.24, 2.45) is 11.3 Å². The molecule has 1 atom stereocenters. The second-order valence-electron chi connectivity index (χ2n) is 10.1. The Hall–Kier alpha value is -2.31. The predicted molar refractivity (Wildman–Crippen MR) is 122 cm³/mol. The van der Waals surface area contributed by atoms with Crippen LogP contribution in [0.15, 0.2) is 41.2 Å². The minimum atomic E-state index is -0.974. The molecule has 3 rings (SSSR count). The number of ether oxygens (including phenoxy) is 1. The van der Waals surface area contributed by atoms with Gasteiger partial charge in [0.15, 0.2) is 0 Å². The Balaban J connectivity index is 1.60. The molecule has 2 aliphatic rings. The molecule has 0 radical (unpaired) electrons. The molecule has 0 fully saturated rings. The van der Waals surface area contributed by atoms with Crippen LogP contribution in [0, 0.1) is 11.3 Å². The molecule has 0 saturated carbocycles. The van der Waals surface area contributed by atoms with Crippen LogP contribution in [0.1, 0.15) is 52.2 Å². The van der Waals surface area contributed by atoms with Crippen LogP contribution in [-0.2, 0) is 17.9 Å². The largest absolute Gasteiger partial charge is 0.512 e. The summed E-state index contributed by atoms with van der Waals surface area (Å²) in [4.78, 5) is 14.9. The molecular weight excluding hydrogens is 392 g/mol. The van der Waals surface area contributed by atoms with Gasteiger partial charge in [-0.1, -0.05) is 40.7 Å². The van der Waals surface area contributed by atoms with Crippen LogP contribution < -0.4 is 10.1 Å². The zero-order chi connectivity index (χ0) is 22.8. The Labute approximate surface area is 185 Å². The molecule has 1 aromatic carbocycles. The summed E-state index contributed by atoms with van der Waals surface area (Å²) >= 11 is 0. The lowest BCUT2D eigenvalue weighted by Crippen LogP contribution is -2.33. The van der Waals surface area contributed by atoms with Gasteiger partial charge >= 0.3 is 0 Å². The second-order valence-corrected chi connectivity index (χ2v) is 10.1. The van der Waals surface area contributed by atoms with Crippen LogP contribution in [0.25, 0.3) is 0 Å². The number of carbonyl (C=O) groups excluding carboxylic acids is 1. The summed E-state index contributed by atoms with van der Waals surface area (Å²) in [5.41, 5.74) is 3.49. The van der Waals surface area contributed by atoms with Crippen molar-refractivity contribution in [1.82, 2.24) is 10.2 Å². The van der Waals surface area contributed by atoms with Gasteiger partial charge in [-0.3, -0.25) is 4.79 Å². The summed E-state index contributed by atoms with van der Waals surface area (Å²) in [6.07, 6.45) is 0.782. The Bertz CT molecular complexity index is 880. The number of amides is 1. The Kier molecular flexibility index (Phi) is 7.12. The third-order valence-electron chi connectivity index (χ3n) is 5.65. The maximum absolute atomic E-state index is 13.1. The first kappa shape index (κ1) is 23.4. The van der Waals surface area contributed by atoms with E-state index in [-0.39, 0.29) is 29.4 Å². The van der Waals surface area contributed by atoms with Crippen molar-refractivity contribution in [3.05, 3.63) is 52.3 Å². The van der Waals surface area contributed by atoms with Gasteiger partial charge in [0.25, 0.3) is 5.91 Å². The summed E-state index contributed by atoms with van der Waals surface area (Å²) < 4.78 is 5.88. The molecule has 31 heavy (non-hydrogen) atoms. The highest BCUT2D eigenvalue weighted by Crippen LogP contribution is 2.32. The third kappa shape index (κ3) is 5.89. The normalized spacial score (nSPS) is 19.0. The van der Waals surface area contributed by atoms with Crippen molar-refractivity contribution in [1.29, 1.82) is 0 Å². The van der Waals surface area contributed by atoms with Gasteiger partial charge in [0.2, 0.25) is 0 Å². The van der Waals surface area contributed by atoms with E-state index in [4.69, 9.17) is 4.74 Å². The zero-order valence-corrected chi connectivity index (χ0v) is 19.4. The summed E-state index contributed by atoms with van der Waals surface area (Å²) in [5, 5.41) is 23.9. The molecule has 0 aromatic heterocycles. The maximum atomic E-state index is 13.1. The van der Waals surface area contributed by atoms with E-state index in [2.05, 4.69) is 26.1 Å². The van der Waals surface area contributed by atoms with Crippen molar-refractivity contribution in [2.75, 3.05) is 19.7 Å². The lowest BCUT2D eigenvalue weighted by atomic mass is 9.89. The fourth-order valence-electron chi connectivity index (χ4n) is 3.95. The number of allylic oxidation sites excluding steroid dienone is 2. The lowest BCUT2D eigenvalue weighted by Gasteiger charge is -2.26. The molecule has 170 valence electrons. The molecular formula is C25H36N2O4. The molecule has 0 spiro atoms. The lowest BCUT2D eigenvalue weighted by molar-refractivity contribution is -0.128. The van der Waals surface area contributed by atoms with Crippen LogP contribution in [-0.4, -0.2) is 46.8 Å². The Morgan fingerprint density at radius 1 is 1.26 bits per heavy atom. The number of carbonyl (C=O) groups is 1. The number of nitrogens with one attached hydrogen (secondary N) is 1. The second kappa shape index (κ2) is 9.45. The summed E-state index contributed by atoms with van der Waals surface area (Å²) in [7, 11) is 0. The third-order valence-corrected chi connectivity index (χ3v) is 5.65. The number of hydrogen-bond acceptors (Lipinski definition) is 5. The maximum Gasteiger partial charge on any atom is 0.253 e. The van der Waals surface area contributed by atoms with Crippen LogP contribution in [0.2, 0.25) is 0 Å². The Morgan fingerprint density at radius 2 is 1.97 bits per heavy atom. The smallest absolute Gasteiger partial charge is 0.253 e. The van der Waals surface area contributed by atoms with Gasteiger partial charge < -0.3 is 25.2 Å². The van der Waals surface area contributed by atoms with Gasteiger partial charge in [0.05, 0.1) is 11.9 Å².